The number of rotatable bonds is 9. The molecular weight excluding hydrogens is 254 g/mol. The minimum absolute atomic E-state index is 0.0112. The Labute approximate surface area is 121 Å². The van der Waals surface area contributed by atoms with Gasteiger partial charge in [0, 0.05) is 6.54 Å². The summed E-state index contributed by atoms with van der Waals surface area (Å²) in [7, 11) is 0. The number of aliphatic hydroxyl groups excluding tert-OH is 1. The van der Waals surface area contributed by atoms with Crippen molar-refractivity contribution in [2.45, 2.75) is 39.7 Å². The van der Waals surface area contributed by atoms with Crippen molar-refractivity contribution in [3.05, 3.63) is 48.4 Å². The predicted octanol–water partition coefficient (Wildman–Crippen LogP) is 3.65. The number of aliphatic hydroxyl groups is 1. The first-order valence-electron chi connectivity index (χ1n) is 6.88. The fraction of sp³-hybridized carbons (Fsp3) is 0.438. The van der Waals surface area contributed by atoms with E-state index in [-0.39, 0.29) is 12.5 Å². The fourth-order valence-corrected chi connectivity index (χ4v) is 1.89. The normalized spacial score (nSPS) is 14.4. The smallest absolute Gasteiger partial charge is 0.305 e. The van der Waals surface area contributed by atoms with Gasteiger partial charge < -0.3 is 15.1 Å². The lowest BCUT2D eigenvalue weighted by atomic mass is 10.0. The van der Waals surface area contributed by atoms with Gasteiger partial charge in [0.25, 0.3) is 0 Å². The summed E-state index contributed by atoms with van der Waals surface area (Å²) in [5, 5.41) is 17.9. The van der Waals surface area contributed by atoms with Crippen molar-refractivity contribution < 1.29 is 15.0 Å². The van der Waals surface area contributed by atoms with E-state index in [1.807, 2.05) is 50.1 Å². The van der Waals surface area contributed by atoms with Crippen LogP contribution in [0.4, 0.5) is 0 Å². The summed E-state index contributed by atoms with van der Waals surface area (Å²) in [6.07, 6.45) is 12.8. The molecule has 0 aromatic rings. The molecule has 20 heavy (non-hydrogen) atoms. The van der Waals surface area contributed by atoms with Crippen molar-refractivity contribution in [2.75, 3.05) is 6.54 Å². The van der Waals surface area contributed by atoms with E-state index in [1.165, 1.54) is 6.08 Å². The Morgan fingerprint density at radius 1 is 1.35 bits per heavy atom. The van der Waals surface area contributed by atoms with Crippen LogP contribution in [0, 0.1) is 0 Å². The average molecular weight is 279 g/mol. The highest BCUT2D eigenvalue weighted by Gasteiger charge is 2.20. The van der Waals surface area contributed by atoms with Crippen molar-refractivity contribution in [2.24, 2.45) is 0 Å². The van der Waals surface area contributed by atoms with E-state index in [0.29, 0.717) is 6.54 Å². The number of nitrogens with zero attached hydrogens (tertiary/aromatic N) is 1. The Hall–Kier alpha value is -1.97. The monoisotopic (exact) mass is 279 g/mol. The Bertz CT molecular complexity index is 395. The van der Waals surface area contributed by atoms with Crippen molar-refractivity contribution in [1.82, 2.24) is 4.90 Å². The molecule has 0 aromatic carbocycles. The van der Waals surface area contributed by atoms with Crippen molar-refractivity contribution >= 4 is 5.97 Å². The standard InChI is InChI=1S/C16H25NO3/c1-4-7-11-17(6-3)15(13-16(19)20)14(9-5-2)10-8-12-18/h5,7-12,15,18H,4,6,13H2,1-3H3,(H,19,20)/b9-5-,11-7-,12-8+,14-10+. The van der Waals surface area contributed by atoms with Crippen LogP contribution in [0.1, 0.15) is 33.6 Å². The van der Waals surface area contributed by atoms with Gasteiger partial charge in [0.15, 0.2) is 0 Å². The molecule has 0 bridgehead atoms. The third-order valence-electron chi connectivity index (χ3n) is 2.78. The van der Waals surface area contributed by atoms with Gasteiger partial charge in [-0.25, -0.2) is 0 Å². The third kappa shape index (κ3) is 6.83. The van der Waals surface area contributed by atoms with Gasteiger partial charge in [-0.2, -0.15) is 0 Å². The molecular formula is C16H25NO3. The molecule has 0 aromatic heterocycles. The molecule has 0 fully saturated rings. The Morgan fingerprint density at radius 2 is 2.05 bits per heavy atom. The van der Waals surface area contributed by atoms with Crippen LogP contribution < -0.4 is 0 Å². The molecule has 0 rings (SSSR count). The van der Waals surface area contributed by atoms with Gasteiger partial charge in [0.2, 0.25) is 0 Å². The Kier molecular flexibility index (Phi) is 9.83. The van der Waals surface area contributed by atoms with Gasteiger partial charge in [0.1, 0.15) is 0 Å². The second-order valence-electron chi connectivity index (χ2n) is 4.25. The second kappa shape index (κ2) is 10.9. The molecule has 2 N–H and O–H groups in total. The molecule has 112 valence electrons. The summed E-state index contributed by atoms with van der Waals surface area (Å²) < 4.78 is 0. The summed E-state index contributed by atoms with van der Waals surface area (Å²) in [6, 6.07) is -0.257. The van der Waals surface area contributed by atoms with Gasteiger partial charge in [-0.05, 0) is 38.1 Å². The van der Waals surface area contributed by atoms with Gasteiger partial charge in [-0.3, -0.25) is 4.79 Å². The van der Waals surface area contributed by atoms with Crippen LogP contribution in [-0.4, -0.2) is 33.7 Å². The van der Waals surface area contributed by atoms with E-state index in [1.54, 1.807) is 6.08 Å². The zero-order valence-corrected chi connectivity index (χ0v) is 12.5. The number of carboxylic acid groups (broad SMARTS) is 1. The van der Waals surface area contributed by atoms with E-state index in [0.717, 1.165) is 18.3 Å². The lowest BCUT2D eigenvalue weighted by Crippen LogP contribution is -2.34. The van der Waals surface area contributed by atoms with E-state index in [9.17, 15) is 4.79 Å². The van der Waals surface area contributed by atoms with Crippen molar-refractivity contribution in [1.29, 1.82) is 0 Å². The highest BCUT2D eigenvalue weighted by atomic mass is 16.4. The molecule has 1 atom stereocenters. The molecule has 0 amide bonds. The lowest BCUT2D eigenvalue weighted by Gasteiger charge is -2.29. The molecule has 1 unspecified atom stereocenters. The van der Waals surface area contributed by atoms with E-state index in [4.69, 9.17) is 10.2 Å². The summed E-state index contributed by atoms with van der Waals surface area (Å²) in [5.41, 5.74) is 0.850. The van der Waals surface area contributed by atoms with Crippen LogP contribution in [0.15, 0.2) is 48.4 Å². The van der Waals surface area contributed by atoms with Crippen LogP contribution in [0.3, 0.4) is 0 Å². The number of hydrogen-bond acceptors (Lipinski definition) is 3. The molecule has 0 aliphatic heterocycles. The maximum Gasteiger partial charge on any atom is 0.305 e. The first kappa shape index (κ1) is 18.0. The number of carboxylic acids is 1. The van der Waals surface area contributed by atoms with E-state index >= 15 is 0 Å². The topological polar surface area (TPSA) is 60.8 Å². The largest absolute Gasteiger partial charge is 0.516 e. The molecule has 0 aliphatic carbocycles. The molecule has 0 heterocycles. The van der Waals surface area contributed by atoms with Crippen LogP contribution >= 0.6 is 0 Å². The maximum absolute atomic E-state index is 11.1. The highest BCUT2D eigenvalue weighted by Crippen LogP contribution is 2.17. The summed E-state index contributed by atoms with van der Waals surface area (Å²) in [4.78, 5) is 13.1. The lowest BCUT2D eigenvalue weighted by molar-refractivity contribution is -0.137. The van der Waals surface area contributed by atoms with Crippen LogP contribution in [0.25, 0.3) is 0 Å². The maximum atomic E-state index is 11.1. The van der Waals surface area contributed by atoms with E-state index in [2.05, 4.69) is 0 Å². The quantitative estimate of drug-likeness (QED) is 0.499. The van der Waals surface area contributed by atoms with Gasteiger partial charge in [-0.15, -0.1) is 0 Å². The Morgan fingerprint density at radius 3 is 2.50 bits per heavy atom. The van der Waals surface area contributed by atoms with Crippen LogP contribution in [0.2, 0.25) is 0 Å². The van der Waals surface area contributed by atoms with Crippen LogP contribution in [0.5, 0.6) is 0 Å². The molecule has 0 spiro atoms. The van der Waals surface area contributed by atoms with Gasteiger partial charge in [0.05, 0.1) is 18.7 Å². The first-order valence-corrected chi connectivity index (χ1v) is 6.88. The zero-order valence-electron chi connectivity index (χ0n) is 12.5. The van der Waals surface area contributed by atoms with Gasteiger partial charge >= 0.3 is 5.97 Å². The molecule has 4 heteroatoms. The molecule has 0 saturated carbocycles. The zero-order chi connectivity index (χ0) is 15.4. The number of allylic oxidation sites excluding steroid dienone is 4. The number of hydrogen-bond donors (Lipinski definition) is 2. The number of aliphatic carboxylic acids is 1. The fourth-order valence-electron chi connectivity index (χ4n) is 1.89. The summed E-state index contributed by atoms with van der Waals surface area (Å²) in [6.45, 7) is 6.62. The molecule has 0 aliphatic rings. The van der Waals surface area contributed by atoms with E-state index < -0.39 is 5.97 Å². The number of likely N-dealkylation sites (N-methyl/N-ethyl adjacent to an activating group) is 1. The molecule has 4 nitrogen and oxygen atoms in total. The molecule has 0 saturated heterocycles. The molecule has 0 radical (unpaired) electrons. The summed E-state index contributed by atoms with van der Waals surface area (Å²) >= 11 is 0. The predicted molar refractivity (Wildman–Crippen MR) is 82.5 cm³/mol. The van der Waals surface area contributed by atoms with Crippen molar-refractivity contribution in [3.8, 4) is 0 Å². The van der Waals surface area contributed by atoms with Crippen LogP contribution in [-0.2, 0) is 4.79 Å². The Balaban J connectivity index is 5.45. The number of carbonyl (C=O) groups is 1. The highest BCUT2D eigenvalue weighted by molar-refractivity contribution is 5.68. The van der Waals surface area contributed by atoms with Crippen molar-refractivity contribution in [3.63, 3.8) is 0 Å². The minimum atomic E-state index is -0.846. The third-order valence-corrected chi connectivity index (χ3v) is 2.78. The first-order chi connectivity index (χ1) is 9.60. The van der Waals surface area contributed by atoms with Gasteiger partial charge in [-0.1, -0.05) is 31.2 Å². The summed E-state index contributed by atoms with van der Waals surface area (Å²) in [5.74, 6) is -0.846. The second-order valence-corrected chi connectivity index (χ2v) is 4.25. The SMILES string of the molecule is C\C=C/C(=C\C=C\O)C(CC(=O)O)N(/C=C\CC)CC. The minimum Gasteiger partial charge on any atom is -0.516 e. The average Bonchev–Trinajstić information content (AvgIpc) is 2.42.